The third kappa shape index (κ3) is 2.49. The summed E-state index contributed by atoms with van der Waals surface area (Å²) >= 11 is 3.29. The molecule has 0 saturated heterocycles. The van der Waals surface area contributed by atoms with Gasteiger partial charge in [0.15, 0.2) is 11.6 Å². The summed E-state index contributed by atoms with van der Waals surface area (Å²) in [7, 11) is 0. The largest absolute Gasteiger partial charge is 0.434 e. The minimum atomic E-state index is -0.442. The fraction of sp³-hybridized carbons (Fsp3) is 0.0667. The van der Waals surface area contributed by atoms with E-state index in [2.05, 4.69) is 25.9 Å². The van der Waals surface area contributed by atoms with Gasteiger partial charge in [0, 0.05) is 4.47 Å². The van der Waals surface area contributed by atoms with Crippen molar-refractivity contribution in [3.05, 3.63) is 58.4 Å². The quantitative estimate of drug-likeness (QED) is 0.686. The molecule has 0 bridgehead atoms. The topological polar surface area (TPSA) is 35.0 Å². The van der Waals surface area contributed by atoms with Gasteiger partial charge in [0.2, 0.25) is 5.88 Å². The lowest BCUT2D eigenvalue weighted by atomic mass is 10.3. The molecule has 5 heteroatoms. The average molecular weight is 333 g/mol. The molecule has 0 aliphatic rings. The molecule has 3 nitrogen and oxygen atoms in total. The molecule has 0 fully saturated rings. The third-order valence-electron chi connectivity index (χ3n) is 2.80. The van der Waals surface area contributed by atoms with Crippen molar-refractivity contribution in [2.24, 2.45) is 0 Å². The number of hydrogen-bond acceptors (Lipinski definition) is 3. The van der Waals surface area contributed by atoms with Crippen LogP contribution >= 0.6 is 15.9 Å². The van der Waals surface area contributed by atoms with Gasteiger partial charge in [-0.05, 0) is 37.3 Å². The number of ether oxygens (including phenoxy) is 1. The zero-order valence-electron chi connectivity index (χ0n) is 10.6. The molecule has 0 radical (unpaired) electrons. The fourth-order valence-corrected chi connectivity index (χ4v) is 2.17. The lowest BCUT2D eigenvalue weighted by molar-refractivity contribution is 0.423. The van der Waals surface area contributed by atoms with Crippen LogP contribution in [0, 0.1) is 12.7 Å². The standard InChI is InChI=1S/C15H10BrFN2O/c1-9-15(19-13-5-3-2-4-12(13)18-9)20-14-8-10(16)6-7-11(14)17/h2-8H,1H3. The van der Waals surface area contributed by atoms with E-state index in [1.165, 1.54) is 6.07 Å². The van der Waals surface area contributed by atoms with Crippen LogP contribution in [0.4, 0.5) is 4.39 Å². The summed E-state index contributed by atoms with van der Waals surface area (Å²) in [5, 5.41) is 0. The van der Waals surface area contributed by atoms with Crippen molar-refractivity contribution in [3.63, 3.8) is 0 Å². The Morgan fingerprint density at radius 1 is 1.05 bits per heavy atom. The average Bonchev–Trinajstić information content (AvgIpc) is 2.43. The molecule has 0 saturated carbocycles. The van der Waals surface area contributed by atoms with Crippen LogP contribution in [0.15, 0.2) is 46.9 Å². The van der Waals surface area contributed by atoms with Crippen LogP contribution in [-0.4, -0.2) is 9.97 Å². The summed E-state index contributed by atoms with van der Waals surface area (Å²) in [5.74, 6) is -0.0182. The van der Waals surface area contributed by atoms with Gasteiger partial charge in [-0.25, -0.2) is 14.4 Å². The Morgan fingerprint density at radius 3 is 2.50 bits per heavy atom. The van der Waals surface area contributed by atoms with E-state index < -0.39 is 5.82 Å². The maximum Gasteiger partial charge on any atom is 0.241 e. The van der Waals surface area contributed by atoms with Crippen LogP contribution in [0.25, 0.3) is 11.0 Å². The highest BCUT2D eigenvalue weighted by molar-refractivity contribution is 9.10. The SMILES string of the molecule is Cc1nc2ccccc2nc1Oc1cc(Br)ccc1F. The molecule has 0 aliphatic heterocycles. The number of rotatable bonds is 2. The Labute approximate surface area is 123 Å². The van der Waals surface area contributed by atoms with E-state index in [1.807, 2.05) is 24.3 Å². The van der Waals surface area contributed by atoms with Crippen molar-refractivity contribution in [3.8, 4) is 11.6 Å². The summed E-state index contributed by atoms with van der Waals surface area (Å²) in [5.41, 5.74) is 2.11. The Morgan fingerprint density at radius 2 is 1.75 bits per heavy atom. The van der Waals surface area contributed by atoms with Gasteiger partial charge < -0.3 is 4.74 Å². The molecule has 20 heavy (non-hydrogen) atoms. The van der Waals surface area contributed by atoms with Gasteiger partial charge in [0.25, 0.3) is 0 Å². The molecule has 3 rings (SSSR count). The zero-order chi connectivity index (χ0) is 14.1. The number of aryl methyl sites for hydroxylation is 1. The molecule has 0 aliphatic carbocycles. The molecule has 2 aromatic carbocycles. The molecule has 0 N–H and O–H groups in total. The predicted octanol–water partition coefficient (Wildman–Crippen LogP) is 4.63. The lowest BCUT2D eigenvalue weighted by Gasteiger charge is -2.09. The van der Waals surface area contributed by atoms with Gasteiger partial charge in [-0.2, -0.15) is 0 Å². The number of aromatic nitrogens is 2. The van der Waals surface area contributed by atoms with Crippen molar-refractivity contribution < 1.29 is 9.13 Å². The van der Waals surface area contributed by atoms with E-state index in [9.17, 15) is 4.39 Å². The number of fused-ring (bicyclic) bond motifs is 1. The minimum absolute atomic E-state index is 0.118. The monoisotopic (exact) mass is 332 g/mol. The summed E-state index contributed by atoms with van der Waals surface area (Å²) < 4.78 is 20.0. The maximum absolute atomic E-state index is 13.7. The van der Waals surface area contributed by atoms with Crippen molar-refractivity contribution >= 4 is 27.0 Å². The van der Waals surface area contributed by atoms with Crippen LogP contribution in [-0.2, 0) is 0 Å². The molecular formula is C15H10BrFN2O. The van der Waals surface area contributed by atoms with E-state index in [0.717, 1.165) is 9.99 Å². The molecular weight excluding hydrogens is 323 g/mol. The second-order valence-corrected chi connectivity index (χ2v) is 5.20. The Balaban J connectivity index is 2.06. The summed E-state index contributed by atoms with van der Waals surface area (Å²) in [6.45, 7) is 1.78. The van der Waals surface area contributed by atoms with Gasteiger partial charge in [0.1, 0.15) is 5.69 Å². The first-order chi connectivity index (χ1) is 9.63. The van der Waals surface area contributed by atoms with Crippen LogP contribution in [0.2, 0.25) is 0 Å². The third-order valence-corrected chi connectivity index (χ3v) is 3.29. The zero-order valence-corrected chi connectivity index (χ0v) is 12.2. The first kappa shape index (κ1) is 13.0. The molecule has 0 atom stereocenters. The highest BCUT2D eigenvalue weighted by atomic mass is 79.9. The molecule has 3 aromatic rings. The highest BCUT2D eigenvalue weighted by Gasteiger charge is 2.11. The second-order valence-electron chi connectivity index (χ2n) is 4.28. The smallest absolute Gasteiger partial charge is 0.241 e. The van der Waals surface area contributed by atoms with Gasteiger partial charge in [-0.1, -0.05) is 28.1 Å². The normalized spacial score (nSPS) is 10.8. The Kier molecular flexibility index (Phi) is 3.36. The van der Waals surface area contributed by atoms with Crippen LogP contribution < -0.4 is 4.74 Å². The second kappa shape index (κ2) is 5.17. The van der Waals surface area contributed by atoms with Crippen LogP contribution in [0.3, 0.4) is 0 Å². The number of nitrogens with zero attached hydrogens (tertiary/aromatic N) is 2. The van der Waals surface area contributed by atoms with E-state index in [-0.39, 0.29) is 5.75 Å². The molecule has 0 spiro atoms. The first-order valence-electron chi connectivity index (χ1n) is 6.00. The molecule has 0 unspecified atom stereocenters. The molecule has 1 heterocycles. The van der Waals surface area contributed by atoms with Crippen molar-refractivity contribution in [1.82, 2.24) is 9.97 Å². The van der Waals surface area contributed by atoms with E-state index >= 15 is 0 Å². The predicted molar refractivity (Wildman–Crippen MR) is 78.4 cm³/mol. The van der Waals surface area contributed by atoms with Crippen LogP contribution in [0.5, 0.6) is 11.6 Å². The summed E-state index contributed by atoms with van der Waals surface area (Å²) in [4.78, 5) is 8.78. The highest BCUT2D eigenvalue weighted by Crippen LogP contribution is 2.28. The molecule has 1 aromatic heterocycles. The maximum atomic E-state index is 13.7. The van der Waals surface area contributed by atoms with Gasteiger partial charge in [-0.15, -0.1) is 0 Å². The fourth-order valence-electron chi connectivity index (χ4n) is 1.83. The van der Waals surface area contributed by atoms with Crippen molar-refractivity contribution in [1.29, 1.82) is 0 Å². The van der Waals surface area contributed by atoms with E-state index in [0.29, 0.717) is 17.1 Å². The molecule has 100 valence electrons. The summed E-state index contributed by atoms with van der Waals surface area (Å²) in [6.07, 6.45) is 0. The number of hydrogen-bond donors (Lipinski definition) is 0. The van der Waals surface area contributed by atoms with Gasteiger partial charge >= 0.3 is 0 Å². The Hall–Kier alpha value is -2.01. The number of halogens is 2. The Bertz CT molecular complexity index is 792. The van der Waals surface area contributed by atoms with Crippen molar-refractivity contribution in [2.45, 2.75) is 6.92 Å². The molecule has 0 amide bonds. The summed E-state index contributed by atoms with van der Waals surface area (Å²) in [6, 6.07) is 12.0. The minimum Gasteiger partial charge on any atom is -0.434 e. The van der Waals surface area contributed by atoms with Crippen LogP contribution in [0.1, 0.15) is 5.69 Å². The van der Waals surface area contributed by atoms with E-state index in [4.69, 9.17) is 4.74 Å². The lowest BCUT2D eigenvalue weighted by Crippen LogP contribution is -1.97. The number of para-hydroxylation sites is 2. The van der Waals surface area contributed by atoms with Gasteiger partial charge in [0.05, 0.1) is 11.0 Å². The van der Waals surface area contributed by atoms with Crippen molar-refractivity contribution in [2.75, 3.05) is 0 Å². The number of benzene rings is 2. The van der Waals surface area contributed by atoms with Gasteiger partial charge in [-0.3, -0.25) is 0 Å². The van der Waals surface area contributed by atoms with E-state index in [1.54, 1.807) is 19.1 Å². The first-order valence-corrected chi connectivity index (χ1v) is 6.79.